The summed E-state index contributed by atoms with van der Waals surface area (Å²) in [5.74, 6) is -2.83. The zero-order valence-corrected chi connectivity index (χ0v) is 24.7. The minimum Gasteiger partial charge on any atom is -0.467 e. The average molecular weight is 666 g/mol. The average Bonchev–Trinajstić information content (AvgIpc) is 3.46. The van der Waals surface area contributed by atoms with Crippen molar-refractivity contribution in [2.24, 2.45) is 0 Å². The fraction of sp³-hybridized carbons (Fsp3) is 0.407. The molecule has 4 aromatic heterocycles. The number of H-pyrrole nitrogens is 1. The van der Waals surface area contributed by atoms with Crippen LogP contribution < -0.4 is 15.0 Å². The first-order valence-corrected chi connectivity index (χ1v) is 14.3. The summed E-state index contributed by atoms with van der Waals surface area (Å²) in [6.07, 6.45) is 4.76. The van der Waals surface area contributed by atoms with E-state index in [0.717, 1.165) is 4.90 Å². The molecule has 13 nitrogen and oxygen atoms in total. The van der Waals surface area contributed by atoms with Crippen LogP contribution in [0.4, 0.5) is 38.5 Å². The van der Waals surface area contributed by atoms with Crippen LogP contribution in [0.5, 0.6) is 6.01 Å². The fourth-order valence-electron chi connectivity index (χ4n) is 5.33. The highest BCUT2D eigenvalue weighted by Gasteiger charge is 2.49. The first kappa shape index (κ1) is 31.3. The van der Waals surface area contributed by atoms with Gasteiger partial charge >= 0.3 is 18.2 Å². The standard InChI is InChI=1S/C27H25ClF5N11O2/c1-46-24-37-6-14(7-38-24)19-10-35-20(11-34-19)44(25(45)43-12-26(29,30)13-43)16-4-2-15(3-5-16)40-23-36-8-17(27(31,32)33)21(41-23)22-18(28)9-39-42-22/h6-11,15-16H,2-5,12-13H2,1H3,(H,39,42)(H,36,40,41). The van der Waals surface area contributed by atoms with E-state index in [4.69, 9.17) is 16.3 Å². The molecule has 0 bridgehead atoms. The van der Waals surface area contributed by atoms with Crippen LogP contribution in [0.25, 0.3) is 22.6 Å². The Kier molecular flexibility index (Phi) is 8.30. The molecule has 5 heterocycles. The third-order valence-corrected chi connectivity index (χ3v) is 7.91. The fourth-order valence-corrected chi connectivity index (χ4v) is 5.51. The maximum atomic E-state index is 13.7. The zero-order chi connectivity index (χ0) is 32.6. The molecular weight excluding hydrogens is 641 g/mol. The van der Waals surface area contributed by atoms with Crippen LogP contribution in [-0.4, -0.2) is 89.2 Å². The SMILES string of the molecule is COc1ncc(-c2cnc(N(C(=O)N3CC(F)(F)C3)C3CCC(Nc4ncc(C(F)(F)F)c(-c5n[nH]cc5Cl)n4)CC3)cn2)cn1. The summed E-state index contributed by atoms with van der Waals surface area (Å²) in [7, 11) is 1.43. The predicted molar refractivity (Wildman–Crippen MR) is 153 cm³/mol. The second-order valence-corrected chi connectivity index (χ2v) is 11.2. The van der Waals surface area contributed by atoms with E-state index in [9.17, 15) is 26.7 Å². The molecule has 2 N–H and O–H groups in total. The van der Waals surface area contributed by atoms with E-state index in [1.807, 2.05) is 0 Å². The Morgan fingerprint density at radius 3 is 2.30 bits per heavy atom. The molecule has 6 rings (SSSR count). The number of methoxy groups -OCH3 is 1. The van der Waals surface area contributed by atoms with Crippen LogP contribution in [0.3, 0.4) is 0 Å². The molecule has 2 amide bonds. The maximum absolute atomic E-state index is 13.7. The van der Waals surface area contributed by atoms with Crippen molar-refractivity contribution in [3.63, 3.8) is 0 Å². The van der Waals surface area contributed by atoms with Gasteiger partial charge in [-0.3, -0.25) is 15.0 Å². The van der Waals surface area contributed by atoms with Crippen molar-refractivity contribution in [2.45, 2.75) is 49.9 Å². The number of nitrogens with zero attached hydrogens (tertiary/aromatic N) is 9. The number of halogens is 6. The Morgan fingerprint density at radius 2 is 1.74 bits per heavy atom. The number of urea groups is 1. The number of nitrogens with one attached hydrogen (secondary N) is 2. The molecule has 0 atom stereocenters. The molecule has 4 aromatic rings. The normalized spacial score (nSPS) is 19.3. The molecule has 2 fully saturated rings. The number of anilines is 2. The van der Waals surface area contributed by atoms with Gasteiger partial charge in [-0.1, -0.05) is 11.6 Å². The molecule has 2 aliphatic rings. The summed E-state index contributed by atoms with van der Waals surface area (Å²) >= 11 is 6.03. The highest BCUT2D eigenvalue weighted by atomic mass is 35.5. The minimum absolute atomic E-state index is 0.0335. The molecule has 1 aliphatic heterocycles. The first-order chi connectivity index (χ1) is 21.9. The van der Waals surface area contributed by atoms with Crippen molar-refractivity contribution in [1.82, 2.24) is 45.0 Å². The number of ether oxygens (including phenoxy) is 1. The van der Waals surface area contributed by atoms with Crippen LogP contribution in [0.15, 0.2) is 37.2 Å². The molecule has 0 spiro atoms. The lowest BCUT2D eigenvalue weighted by molar-refractivity contribution is -0.137. The predicted octanol–water partition coefficient (Wildman–Crippen LogP) is 5.10. The Hall–Kier alpha value is -4.74. The van der Waals surface area contributed by atoms with E-state index in [1.165, 1.54) is 43.0 Å². The molecule has 1 saturated carbocycles. The Morgan fingerprint density at radius 1 is 1.02 bits per heavy atom. The van der Waals surface area contributed by atoms with Gasteiger partial charge in [0.25, 0.3) is 5.92 Å². The molecule has 46 heavy (non-hydrogen) atoms. The molecule has 1 aliphatic carbocycles. The van der Waals surface area contributed by atoms with Crippen molar-refractivity contribution in [3.8, 4) is 28.7 Å². The third kappa shape index (κ3) is 6.47. The summed E-state index contributed by atoms with van der Waals surface area (Å²) in [6, 6.07) is -1.13. The smallest absolute Gasteiger partial charge is 0.420 e. The first-order valence-electron chi connectivity index (χ1n) is 14.0. The quantitative estimate of drug-likeness (QED) is 0.255. The number of alkyl halides is 5. The van der Waals surface area contributed by atoms with E-state index < -0.39 is 48.5 Å². The Bertz CT molecular complexity index is 1690. The molecule has 0 radical (unpaired) electrons. The second kappa shape index (κ2) is 12.2. The number of likely N-dealkylation sites (tertiary alicyclic amines) is 1. The highest BCUT2D eigenvalue weighted by molar-refractivity contribution is 6.32. The Labute approximate surface area is 262 Å². The number of carbonyl (C=O) groups excluding carboxylic acids is 1. The van der Waals surface area contributed by atoms with Crippen molar-refractivity contribution >= 4 is 29.4 Å². The van der Waals surface area contributed by atoms with Gasteiger partial charge in [-0.05, 0) is 25.7 Å². The lowest BCUT2D eigenvalue weighted by Crippen LogP contribution is -2.63. The van der Waals surface area contributed by atoms with Gasteiger partial charge in [0.1, 0.15) is 17.0 Å². The van der Waals surface area contributed by atoms with Gasteiger partial charge < -0.3 is 15.0 Å². The van der Waals surface area contributed by atoms with E-state index >= 15 is 0 Å². The molecule has 0 aromatic carbocycles. The van der Waals surface area contributed by atoms with Gasteiger partial charge in [0.05, 0.1) is 43.3 Å². The van der Waals surface area contributed by atoms with E-state index in [2.05, 4.69) is 45.4 Å². The van der Waals surface area contributed by atoms with Crippen LogP contribution in [-0.2, 0) is 6.18 Å². The van der Waals surface area contributed by atoms with E-state index in [1.54, 1.807) is 0 Å². The summed E-state index contributed by atoms with van der Waals surface area (Å²) in [4.78, 5) is 40.7. The van der Waals surface area contributed by atoms with E-state index in [0.29, 0.717) is 43.1 Å². The zero-order valence-electron chi connectivity index (χ0n) is 24.0. The number of rotatable bonds is 7. The highest BCUT2D eigenvalue weighted by Crippen LogP contribution is 2.38. The second-order valence-electron chi connectivity index (χ2n) is 10.8. The number of carbonyl (C=O) groups is 1. The molecule has 19 heteroatoms. The monoisotopic (exact) mass is 665 g/mol. The minimum atomic E-state index is -4.74. The lowest BCUT2D eigenvalue weighted by Gasteiger charge is -2.44. The van der Waals surface area contributed by atoms with Gasteiger partial charge in [-0.15, -0.1) is 0 Å². The van der Waals surface area contributed by atoms with Crippen molar-refractivity contribution < 1.29 is 31.5 Å². The van der Waals surface area contributed by atoms with Crippen molar-refractivity contribution in [2.75, 3.05) is 30.4 Å². The molecule has 1 saturated heterocycles. The largest absolute Gasteiger partial charge is 0.467 e. The summed E-state index contributed by atoms with van der Waals surface area (Å²) in [5.41, 5.74) is -0.756. The van der Waals surface area contributed by atoms with Crippen LogP contribution in [0.1, 0.15) is 31.2 Å². The molecular formula is C27H25ClF5N11O2. The lowest BCUT2D eigenvalue weighted by atomic mass is 9.90. The van der Waals surface area contributed by atoms with Gasteiger partial charge in [-0.25, -0.2) is 38.5 Å². The van der Waals surface area contributed by atoms with Crippen molar-refractivity contribution in [1.29, 1.82) is 0 Å². The third-order valence-electron chi connectivity index (χ3n) is 7.62. The van der Waals surface area contributed by atoms with Gasteiger partial charge in [0.2, 0.25) is 5.95 Å². The number of hydrogen-bond donors (Lipinski definition) is 2. The number of amides is 2. The molecule has 0 unspecified atom stereocenters. The van der Waals surface area contributed by atoms with Gasteiger partial charge in [0, 0.05) is 42.4 Å². The van der Waals surface area contributed by atoms with E-state index in [-0.39, 0.29) is 34.5 Å². The van der Waals surface area contributed by atoms with Gasteiger partial charge in [0.15, 0.2) is 5.82 Å². The van der Waals surface area contributed by atoms with Crippen LogP contribution in [0.2, 0.25) is 5.02 Å². The topological polar surface area (TPSA) is 151 Å². The summed E-state index contributed by atoms with van der Waals surface area (Å²) < 4.78 is 73.4. The van der Waals surface area contributed by atoms with Crippen molar-refractivity contribution in [3.05, 3.63) is 47.8 Å². The van der Waals surface area contributed by atoms with Crippen LogP contribution in [0, 0.1) is 0 Å². The van der Waals surface area contributed by atoms with Gasteiger partial charge in [-0.2, -0.15) is 18.3 Å². The Balaban J connectivity index is 1.18. The van der Waals surface area contributed by atoms with Crippen LogP contribution >= 0.6 is 11.6 Å². The number of aromatic amines is 1. The maximum Gasteiger partial charge on any atom is 0.420 e. The number of aromatic nitrogens is 8. The summed E-state index contributed by atoms with van der Waals surface area (Å²) in [6.45, 7) is -1.41. The summed E-state index contributed by atoms with van der Waals surface area (Å²) in [5, 5.41) is 9.26. The number of hydrogen-bond acceptors (Lipinski definition) is 10. The molecule has 242 valence electrons.